The van der Waals surface area contributed by atoms with E-state index < -0.39 is 0 Å². The maximum atomic E-state index is 13.2. The first kappa shape index (κ1) is 21.8. The predicted octanol–water partition coefficient (Wildman–Crippen LogP) is 3.98. The van der Waals surface area contributed by atoms with E-state index >= 15 is 0 Å². The van der Waals surface area contributed by atoms with Crippen molar-refractivity contribution in [1.29, 1.82) is 0 Å². The molecule has 2 aromatic carbocycles. The number of carbonyl (C=O) groups is 1. The fourth-order valence-corrected chi connectivity index (χ4v) is 3.99. The number of methoxy groups -OCH3 is 3. The van der Waals surface area contributed by atoms with Gasteiger partial charge in [-0.15, -0.1) is 0 Å². The van der Waals surface area contributed by atoms with E-state index in [-0.39, 0.29) is 11.7 Å². The van der Waals surface area contributed by atoms with Gasteiger partial charge in [0.15, 0.2) is 17.9 Å². The number of carbonyl (C=O) groups excluding carboxylic acids is 1. The van der Waals surface area contributed by atoms with Crippen molar-refractivity contribution in [3.63, 3.8) is 0 Å². The van der Waals surface area contributed by atoms with Crippen LogP contribution in [0.4, 0.5) is 5.69 Å². The molecule has 3 aromatic rings. The second kappa shape index (κ2) is 9.40. The highest BCUT2D eigenvalue weighted by molar-refractivity contribution is 6.30. The van der Waals surface area contributed by atoms with Crippen LogP contribution in [-0.2, 0) is 0 Å². The minimum atomic E-state index is -0.211. The molecule has 168 valence electrons. The van der Waals surface area contributed by atoms with Crippen LogP contribution in [0.15, 0.2) is 47.2 Å². The normalized spacial score (nSPS) is 13.8. The van der Waals surface area contributed by atoms with E-state index in [1.54, 1.807) is 17.0 Å². The van der Waals surface area contributed by atoms with Crippen LogP contribution >= 0.6 is 11.6 Å². The van der Waals surface area contributed by atoms with E-state index in [9.17, 15) is 4.79 Å². The summed E-state index contributed by atoms with van der Waals surface area (Å²) in [5.41, 5.74) is 2.10. The summed E-state index contributed by atoms with van der Waals surface area (Å²) in [5, 5.41) is 0.692. The Hall–Kier alpha value is -3.39. The number of piperazine rings is 1. The molecule has 1 saturated heterocycles. The average molecular weight is 458 g/mol. The maximum absolute atomic E-state index is 13.2. The molecule has 1 fully saturated rings. The number of amides is 1. The van der Waals surface area contributed by atoms with Gasteiger partial charge in [0.25, 0.3) is 5.91 Å². The second-order valence-corrected chi connectivity index (χ2v) is 7.64. The quantitative estimate of drug-likeness (QED) is 0.554. The monoisotopic (exact) mass is 457 g/mol. The summed E-state index contributed by atoms with van der Waals surface area (Å²) in [6.07, 6.45) is 1.27. The van der Waals surface area contributed by atoms with Crippen LogP contribution in [0.25, 0.3) is 11.3 Å². The third-order valence-corrected chi connectivity index (χ3v) is 5.68. The van der Waals surface area contributed by atoms with Crippen LogP contribution in [-0.4, -0.2) is 63.3 Å². The Kier molecular flexibility index (Phi) is 6.41. The number of oxazole rings is 1. The molecular formula is C23H24ClN3O5. The Morgan fingerprint density at radius 3 is 2.28 bits per heavy atom. The van der Waals surface area contributed by atoms with Gasteiger partial charge in [-0.2, -0.15) is 0 Å². The maximum Gasteiger partial charge on any atom is 0.292 e. The number of anilines is 1. The third kappa shape index (κ3) is 4.18. The SMILES string of the molecule is COc1cc(-c2ncoc2C(=O)N2CCN(c3cccc(Cl)c3)CC2)cc(OC)c1OC. The zero-order chi connectivity index (χ0) is 22.7. The van der Waals surface area contributed by atoms with Crippen molar-refractivity contribution >= 4 is 23.2 Å². The molecule has 8 nitrogen and oxygen atoms in total. The first-order valence-electron chi connectivity index (χ1n) is 10.1. The largest absolute Gasteiger partial charge is 0.493 e. The molecule has 0 spiro atoms. The lowest BCUT2D eigenvalue weighted by molar-refractivity contribution is 0.0715. The van der Waals surface area contributed by atoms with Gasteiger partial charge in [0.2, 0.25) is 11.5 Å². The molecule has 1 aliphatic rings. The fraction of sp³-hybridized carbons (Fsp3) is 0.304. The van der Waals surface area contributed by atoms with Gasteiger partial charge in [-0.25, -0.2) is 4.98 Å². The molecule has 0 bridgehead atoms. The summed E-state index contributed by atoms with van der Waals surface area (Å²) in [4.78, 5) is 21.5. The Balaban J connectivity index is 1.55. The Bertz CT molecular complexity index is 1080. The van der Waals surface area contributed by atoms with E-state index in [2.05, 4.69) is 9.88 Å². The number of hydrogen-bond donors (Lipinski definition) is 0. The molecule has 1 amide bonds. The fourth-order valence-electron chi connectivity index (χ4n) is 3.81. The van der Waals surface area contributed by atoms with E-state index in [1.165, 1.54) is 27.7 Å². The smallest absolute Gasteiger partial charge is 0.292 e. The summed E-state index contributed by atoms with van der Waals surface area (Å²) in [5.74, 6) is 1.37. The molecular weight excluding hydrogens is 434 g/mol. The predicted molar refractivity (Wildman–Crippen MR) is 121 cm³/mol. The number of halogens is 1. The van der Waals surface area contributed by atoms with Gasteiger partial charge >= 0.3 is 0 Å². The van der Waals surface area contributed by atoms with Crippen molar-refractivity contribution in [3.05, 3.63) is 53.6 Å². The van der Waals surface area contributed by atoms with Crippen LogP contribution < -0.4 is 19.1 Å². The average Bonchev–Trinajstić information content (AvgIpc) is 3.32. The van der Waals surface area contributed by atoms with Gasteiger partial charge < -0.3 is 28.4 Å². The topological polar surface area (TPSA) is 77.3 Å². The van der Waals surface area contributed by atoms with Gasteiger partial charge in [-0.3, -0.25) is 4.79 Å². The zero-order valence-electron chi connectivity index (χ0n) is 18.1. The molecule has 2 heterocycles. The van der Waals surface area contributed by atoms with Crippen LogP contribution in [0.3, 0.4) is 0 Å². The Morgan fingerprint density at radius 2 is 1.69 bits per heavy atom. The minimum Gasteiger partial charge on any atom is -0.493 e. The van der Waals surface area contributed by atoms with Crippen molar-refractivity contribution < 1.29 is 23.4 Å². The van der Waals surface area contributed by atoms with Crippen molar-refractivity contribution in [3.8, 4) is 28.5 Å². The molecule has 0 saturated carbocycles. The molecule has 32 heavy (non-hydrogen) atoms. The van der Waals surface area contributed by atoms with Crippen molar-refractivity contribution in [2.45, 2.75) is 0 Å². The number of nitrogens with zero attached hydrogens (tertiary/aromatic N) is 3. The molecule has 0 atom stereocenters. The molecule has 0 N–H and O–H groups in total. The van der Waals surface area contributed by atoms with Gasteiger partial charge in [0.1, 0.15) is 5.69 Å². The van der Waals surface area contributed by atoms with Crippen molar-refractivity contribution in [2.75, 3.05) is 52.4 Å². The first-order valence-corrected chi connectivity index (χ1v) is 10.5. The molecule has 0 unspecified atom stereocenters. The number of benzene rings is 2. The Morgan fingerprint density at radius 1 is 1.00 bits per heavy atom. The summed E-state index contributed by atoms with van der Waals surface area (Å²) in [7, 11) is 4.61. The number of ether oxygens (including phenoxy) is 3. The molecule has 4 rings (SSSR count). The lowest BCUT2D eigenvalue weighted by Crippen LogP contribution is -2.48. The highest BCUT2D eigenvalue weighted by Gasteiger charge is 2.28. The summed E-state index contributed by atoms with van der Waals surface area (Å²) in [6.45, 7) is 2.50. The molecule has 9 heteroatoms. The number of hydrogen-bond acceptors (Lipinski definition) is 7. The van der Waals surface area contributed by atoms with Crippen LogP contribution in [0.1, 0.15) is 10.6 Å². The van der Waals surface area contributed by atoms with E-state index in [1.807, 2.05) is 24.3 Å². The molecule has 1 aromatic heterocycles. The number of aromatic nitrogens is 1. The summed E-state index contributed by atoms with van der Waals surface area (Å²) < 4.78 is 21.7. The number of rotatable bonds is 6. The highest BCUT2D eigenvalue weighted by atomic mass is 35.5. The van der Waals surface area contributed by atoms with Crippen molar-refractivity contribution in [1.82, 2.24) is 9.88 Å². The van der Waals surface area contributed by atoms with Crippen LogP contribution in [0, 0.1) is 0 Å². The lowest BCUT2D eigenvalue weighted by atomic mass is 10.1. The standard InChI is InChI=1S/C23H24ClN3O5/c1-29-18-11-15(12-19(30-2)21(18)31-3)20-22(32-14-25-20)23(28)27-9-7-26(8-10-27)17-6-4-5-16(24)13-17/h4-6,11-14H,7-10H2,1-3H3. The zero-order valence-corrected chi connectivity index (χ0v) is 18.9. The van der Waals surface area contributed by atoms with Gasteiger partial charge in [-0.1, -0.05) is 17.7 Å². The van der Waals surface area contributed by atoms with Gasteiger partial charge in [-0.05, 0) is 30.3 Å². The van der Waals surface area contributed by atoms with E-state index in [0.29, 0.717) is 59.7 Å². The molecule has 1 aliphatic heterocycles. The minimum absolute atomic E-state index is 0.176. The highest BCUT2D eigenvalue weighted by Crippen LogP contribution is 2.41. The van der Waals surface area contributed by atoms with Crippen LogP contribution in [0.2, 0.25) is 5.02 Å². The molecule has 0 radical (unpaired) electrons. The van der Waals surface area contributed by atoms with E-state index in [4.69, 9.17) is 30.2 Å². The molecule has 0 aliphatic carbocycles. The van der Waals surface area contributed by atoms with Gasteiger partial charge in [0.05, 0.1) is 21.3 Å². The summed E-state index contributed by atoms with van der Waals surface area (Å²) in [6, 6.07) is 11.2. The summed E-state index contributed by atoms with van der Waals surface area (Å²) >= 11 is 6.11. The van der Waals surface area contributed by atoms with Crippen LogP contribution in [0.5, 0.6) is 17.2 Å². The van der Waals surface area contributed by atoms with Gasteiger partial charge in [0, 0.05) is 42.5 Å². The lowest BCUT2D eigenvalue weighted by Gasteiger charge is -2.35. The first-order chi connectivity index (χ1) is 15.5. The second-order valence-electron chi connectivity index (χ2n) is 7.20. The van der Waals surface area contributed by atoms with Crippen molar-refractivity contribution in [2.24, 2.45) is 0 Å². The Labute approximate surface area is 191 Å². The third-order valence-electron chi connectivity index (χ3n) is 5.44. The van der Waals surface area contributed by atoms with E-state index in [0.717, 1.165) is 5.69 Å².